The number of thioether (sulfide) groups is 1. The van der Waals surface area contributed by atoms with Gasteiger partial charge in [0.2, 0.25) is 0 Å². The maximum atomic E-state index is 6.14. The zero-order chi connectivity index (χ0) is 9.68. The van der Waals surface area contributed by atoms with Crippen LogP contribution in [-0.2, 0) is 0 Å². The highest BCUT2D eigenvalue weighted by Crippen LogP contribution is 2.31. The molecular weight excluding hydrogens is 315 g/mol. The van der Waals surface area contributed by atoms with Crippen LogP contribution >= 0.6 is 46.0 Å². The monoisotopic (exact) mass is 326 g/mol. The highest BCUT2D eigenvalue weighted by molar-refractivity contribution is 14.1. The van der Waals surface area contributed by atoms with E-state index in [1.165, 1.54) is 17.7 Å². The molecule has 0 heterocycles. The van der Waals surface area contributed by atoms with Gasteiger partial charge in [0.05, 0.1) is 5.02 Å². The first kappa shape index (κ1) is 11.7. The number of hydrogen-bond donors (Lipinski definition) is 0. The highest BCUT2D eigenvalue weighted by Gasteiger charge is 2.03. The van der Waals surface area contributed by atoms with E-state index in [1.807, 2.05) is 17.8 Å². The molecule has 0 atom stereocenters. The van der Waals surface area contributed by atoms with Crippen LogP contribution in [0.15, 0.2) is 23.1 Å². The lowest BCUT2D eigenvalue weighted by molar-refractivity contribution is 0.896. The van der Waals surface area contributed by atoms with E-state index in [-0.39, 0.29) is 0 Å². The highest BCUT2D eigenvalue weighted by atomic mass is 127. The Morgan fingerprint density at radius 2 is 2.23 bits per heavy atom. The van der Waals surface area contributed by atoms with Crippen molar-refractivity contribution in [2.75, 3.05) is 5.75 Å². The predicted molar refractivity (Wildman–Crippen MR) is 69.8 cm³/mol. The normalized spacial score (nSPS) is 10.4. The molecule has 1 rings (SSSR count). The van der Waals surface area contributed by atoms with E-state index in [9.17, 15) is 0 Å². The zero-order valence-corrected chi connectivity index (χ0v) is 11.2. The summed E-state index contributed by atoms with van der Waals surface area (Å²) >= 11 is 10.3. The van der Waals surface area contributed by atoms with Gasteiger partial charge in [0.1, 0.15) is 0 Å². The van der Waals surface area contributed by atoms with E-state index in [4.69, 9.17) is 11.6 Å². The number of hydrogen-bond acceptors (Lipinski definition) is 1. The van der Waals surface area contributed by atoms with Crippen LogP contribution in [0.4, 0.5) is 0 Å². The van der Waals surface area contributed by atoms with Gasteiger partial charge in [-0.2, -0.15) is 0 Å². The van der Waals surface area contributed by atoms with Crippen LogP contribution in [0.2, 0.25) is 5.02 Å². The third kappa shape index (κ3) is 3.68. The zero-order valence-electron chi connectivity index (χ0n) is 7.52. The molecule has 0 saturated heterocycles. The Bertz CT molecular complexity index is 276. The van der Waals surface area contributed by atoms with Gasteiger partial charge in [0, 0.05) is 8.47 Å². The van der Waals surface area contributed by atoms with Gasteiger partial charge in [0.15, 0.2) is 0 Å². The summed E-state index contributed by atoms with van der Waals surface area (Å²) in [5, 5.41) is 0.907. The Morgan fingerprint density at radius 3 is 2.92 bits per heavy atom. The van der Waals surface area contributed by atoms with Crippen LogP contribution < -0.4 is 0 Å². The van der Waals surface area contributed by atoms with Gasteiger partial charge in [0.25, 0.3) is 0 Å². The molecule has 1 aromatic rings. The van der Waals surface area contributed by atoms with Crippen molar-refractivity contribution in [1.82, 2.24) is 0 Å². The van der Waals surface area contributed by atoms with Crippen molar-refractivity contribution in [3.05, 3.63) is 26.8 Å². The fraction of sp³-hybridized carbons (Fsp3) is 0.400. The van der Waals surface area contributed by atoms with Crippen molar-refractivity contribution >= 4 is 46.0 Å². The van der Waals surface area contributed by atoms with E-state index in [1.54, 1.807) is 0 Å². The van der Waals surface area contributed by atoms with Crippen molar-refractivity contribution in [3.8, 4) is 0 Å². The quantitative estimate of drug-likeness (QED) is 0.433. The smallest absolute Gasteiger partial charge is 0.0675 e. The molecule has 0 aliphatic rings. The summed E-state index contributed by atoms with van der Waals surface area (Å²) in [5.74, 6) is 1.16. The van der Waals surface area contributed by atoms with Crippen LogP contribution in [0.1, 0.15) is 19.8 Å². The summed E-state index contributed by atoms with van der Waals surface area (Å²) in [7, 11) is 0. The van der Waals surface area contributed by atoms with Gasteiger partial charge in [-0.05, 0) is 46.9 Å². The Labute approximate surface area is 103 Å². The molecule has 0 spiro atoms. The third-order valence-electron chi connectivity index (χ3n) is 1.67. The number of halogens is 2. The molecule has 0 saturated carbocycles. The molecule has 0 nitrogen and oxygen atoms in total. The van der Waals surface area contributed by atoms with E-state index in [0.29, 0.717) is 0 Å². The molecule has 72 valence electrons. The van der Waals surface area contributed by atoms with Gasteiger partial charge in [-0.15, -0.1) is 11.8 Å². The maximum absolute atomic E-state index is 6.14. The Morgan fingerprint density at radius 1 is 1.46 bits per heavy atom. The summed E-state index contributed by atoms with van der Waals surface area (Å²) in [5.41, 5.74) is 0. The van der Waals surface area contributed by atoms with Gasteiger partial charge in [-0.25, -0.2) is 0 Å². The molecule has 0 unspecified atom stereocenters. The van der Waals surface area contributed by atoms with Crippen LogP contribution in [0.25, 0.3) is 0 Å². The second-order valence-electron chi connectivity index (χ2n) is 2.75. The van der Waals surface area contributed by atoms with Crippen molar-refractivity contribution in [2.24, 2.45) is 0 Å². The Hall–Kier alpha value is 0.590. The fourth-order valence-electron chi connectivity index (χ4n) is 0.922. The molecule has 1 aromatic carbocycles. The first-order valence-corrected chi connectivity index (χ1v) is 6.76. The van der Waals surface area contributed by atoms with Crippen LogP contribution in [-0.4, -0.2) is 5.75 Å². The Balaban J connectivity index is 2.61. The Kier molecular flexibility index (Phi) is 5.51. The average Bonchev–Trinajstić information content (AvgIpc) is 2.13. The fourth-order valence-corrected chi connectivity index (χ4v) is 2.96. The largest absolute Gasteiger partial charge is 0.125 e. The lowest BCUT2D eigenvalue weighted by Crippen LogP contribution is -1.82. The van der Waals surface area contributed by atoms with Crippen molar-refractivity contribution in [3.63, 3.8) is 0 Å². The van der Waals surface area contributed by atoms with Crippen LogP contribution in [0, 0.1) is 3.57 Å². The maximum Gasteiger partial charge on any atom is 0.0675 e. The first-order chi connectivity index (χ1) is 6.25. The molecule has 0 bridgehead atoms. The molecule has 13 heavy (non-hydrogen) atoms. The number of unbranched alkanes of at least 4 members (excludes halogenated alkanes) is 1. The van der Waals surface area contributed by atoms with Crippen molar-refractivity contribution in [2.45, 2.75) is 24.7 Å². The third-order valence-corrected chi connectivity index (χ3v) is 4.55. The second kappa shape index (κ2) is 6.14. The number of benzene rings is 1. The minimum absolute atomic E-state index is 0.907. The lowest BCUT2D eigenvalue weighted by atomic mass is 10.4. The summed E-state index contributed by atoms with van der Waals surface area (Å²) in [6, 6.07) is 6.18. The first-order valence-electron chi connectivity index (χ1n) is 4.32. The van der Waals surface area contributed by atoms with E-state index < -0.39 is 0 Å². The van der Waals surface area contributed by atoms with Crippen molar-refractivity contribution in [1.29, 1.82) is 0 Å². The van der Waals surface area contributed by atoms with Gasteiger partial charge in [-0.1, -0.05) is 31.0 Å². The number of rotatable bonds is 4. The summed E-state index contributed by atoms with van der Waals surface area (Å²) in [6.07, 6.45) is 2.50. The molecule has 0 aromatic heterocycles. The van der Waals surface area contributed by atoms with Crippen LogP contribution in [0.3, 0.4) is 0 Å². The van der Waals surface area contributed by atoms with Crippen molar-refractivity contribution < 1.29 is 0 Å². The average molecular weight is 327 g/mol. The van der Waals surface area contributed by atoms with E-state index in [2.05, 4.69) is 41.6 Å². The summed E-state index contributed by atoms with van der Waals surface area (Å²) in [4.78, 5) is 1.21. The molecule has 0 aliphatic carbocycles. The SMILES string of the molecule is CCCCSc1cccc(I)c1Cl. The molecule has 0 fully saturated rings. The molecule has 0 radical (unpaired) electrons. The van der Waals surface area contributed by atoms with E-state index in [0.717, 1.165) is 14.3 Å². The lowest BCUT2D eigenvalue weighted by Gasteiger charge is -2.04. The molecule has 3 heteroatoms. The van der Waals surface area contributed by atoms with Gasteiger partial charge in [-0.3, -0.25) is 0 Å². The topological polar surface area (TPSA) is 0 Å². The molecular formula is C10H12ClIS. The second-order valence-corrected chi connectivity index (χ2v) is 5.43. The molecule has 0 amide bonds. The van der Waals surface area contributed by atoms with E-state index >= 15 is 0 Å². The molecule has 0 aliphatic heterocycles. The standard InChI is InChI=1S/C10H12ClIS/c1-2-3-7-13-9-6-4-5-8(12)10(9)11/h4-6H,2-3,7H2,1H3. The molecule has 0 N–H and O–H groups in total. The summed E-state index contributed by atoms with van der Waals surface area (Å²) in [6.45, 7) is 2.21. The van der Waals surface area contributed by atoms with Crippen LogP contribution in [0.5, 0.6) is 0 Å². The minimum Gasteiger partial charge on any atom is -0.125 e. The van der Waals surface area contributed by atoms with Gasteiger partial charge < -0.3 is 0 Å². The predicted octanol–water partition coefficient (Wildman–Crippen LogP) is 4.84. The minimum atomic E-state index is 0.907. The van der Waals surface area contributed by atoms with Gasteiger partial charge >= 0.3 is 0 Å². The summed E-state index contributed by atoms with van der Waals surface area (Å²) < 4.78 is 1.14.